The normalized spacial score (nSPS) is 21.5. The Morgan fingerprint density at radius 1 is 1.28 bits per heavy atom. The summed E-state index contributed by atoms with van der Waals surface area (Å²) in [5.41, 5.74) is 0.935. The van der Waals surface area contributed by atoms with Crippen LogP contribution in [0, 0.1) is 0 Å². The predicted octanol–water partition coefficient (Wildman–Crippen LogP) is 2.35. The van der Waals surface area contributed by atoms with Gasteiger partial charge in [-0.25, -0.2) is 0 Å². The van der Waals surface area contributed by atoms with Gasteiger partial charge in [-0.15, -0.1) is 0 Å². The molecule has 3 rings (SSSR count). The van der Waals surface area contributed by atoms with Gasteiger partial charge in [-0.1, -0.05) is 29.3 Å². The van der Waals surface area contributed by atoms with Crippen LogP contribution < -0.4 is 5.32 Å². The first-order valence-corrected chi connectivity index (χ1v) is 9.52. The first-order chi connectivity index (χ1) is 12.0. The van der Waals surface area contributed by atoms with Gasteiger partial charge in [0.25, 0.3) is 0 Å². The predicted molar refractivity (Wildman–Crippen MR) is 99.0 cm³/mol. The molecule has 0 bridgehead atoms. The van der Waals surface area contributed by atoms with E-state index in [9.17, 15) is 9.59 Å². The number of benzene rings is 1. The molecule has 1 aromatic carbocycles. The molecule has 5 nitrogen and oxygen atoms in total. The molecule has 2 amide bonds. The van der Waals surface area contributed by atoms with Crippen molar-refractivity contribution in [2.24, 2.45) is 0 Å². The highest BCUT2D eigenvalue weighted by molar-refractivity contribution is 6.35. The topological polar surface area (TPSA) is 52.7 Å². The van der Waals surface area contributed by atoms with E-state index in [2.05, 4.69) is 5.32 Å². The van der Waals surface area contributed by atoms with E-state index in [1.165, 1.54) is 0 Å². The minimum absolute atomic E-state index is 0.123. The summed E-state index contributed by atoms with van der Waals surface area (Å²) in [6.07, 6.45) is 2.93. The van der Waals surface area contributed by atoms with Crippen LogP contribution in [-0.2, 0) is 16.0 Å². The molecular weight excluding hydrogens is 361 g/mol. The first kappa shape index (κ1) is 18.5. The highest BCUT2D eigenvalue weighted by Gasteiger charge is 2.31. The molecule has 1 aromatic rings. The second-order valence-corrected chi connectivity index (χ2v) is 7.48. The smallest absolute Gasteiger partial charge is 0.236 e. The monoisotopic (exact) mass is 383 g/mol. The number of amides is 2. The van der Waals surface area contributed by atoms with Crippen molar-refractivity contribution in [1.29, 1.82) is 0 Å². The van der Waals surface area contributed by atoms with E-state index in [1.54, 1.807) is 12.1 Å². The lowest BCUT2D eigenvalue weighted by molar-refractivity contribution is -0.140. The van der Waals surface area contributed by atoms with Crippen LogP contribution in [0.1, 0.15) is 24.8 Å². The van der Waals surface area contributed by atoms with E-state index in [-0.39, 0.29) is 17.9 Å². The Kier molecular flexibility index (Phi) is 6.20. The van der Waals surface area contributed by atoms with Gasteiger partial charge >= 0.3 is 0 Å². The maximum Gasteiger partial charge on any atom is 0.236 e. The highest BCUT2D eigenvalue weighted by Crippen LogP contribution is 2.23. The molecule has 1 N–H and O–H groups in total. The van der Waals surface area contributed by atoms with Gasteiger partial charge < -0.3 is 15.1 Å². The summed E-state index contributed by atoms with van der Waals surface area (Å²) in [7, 11) is 0. The van der Waals surface area contributed by atoms with Crippen molar-refractivity contribution in [1.82, 2.24) is 15.1 Å². The van der Waals surface area contributed by atoms with Crippen LogP contribution in [0.15, 0.2) is 18.2 Å². The zero-order valence-corrected chi connectivity index (χ0v) is 15.7. The molecule has 0 aromatic heterocycles. The third kappa shape index (κ3) is 4.66. The third-order valence-corrected chi connectivity index (χ3v) is 5.53. The average molecular weight is 384 g/mol. The van der Waals surface area contributed by atoms with Crippen LogP contribution in [-0.4, -0.2) is 60.4 Å². The second kappa shape index (κ2) is 8.39. The number of nitrogens with zero attached hydrogens (tertiary/aromatic N) is 2. The minimum atomic E-state index is 0.123. The zero-order chi connectivity index (χ0) is 17.8. The minimum Gasteiger partial charge on any atom is -0.341 e. The second-order valence-electron chi connectivity index (χ2n) is 6.64. The van der Waals surface area contributed by atoms with E-state index in [0.717, 1.165) is 38.0 Å². The van der Waals surface area contributed by atoms with Crippen molar-refractivity contribution in [2.45, 2.75) is 31.7 Å². The first-order valence-electron chi connectivity index (χ1n) is 8.76. The lowest BCUT2D eigenvalue weighted by atomic mass is 10.0. The number of halogens is 2. The zero-order valence-electron chi connectivity index (χ0n) is 14.1. The van der Waals surface area contributed by atoms with Crippen molar-refractivity contribution in [3.05, 3.63) is 33.8 Å². The summed E-state index contributed by atoms with van der Waals surface area (Å²) in [5, 5.41) is 4.29. The number of nitrogens with one attached hydrogen (secondary N) is 1. The maximum atomic E-state index is 12.6. The van der Waals surface area contributed by atoms with Crippen molar-refractivity contribution in [2.75, 3.05) is 32.7 Å². The summed E-state index contributed by atoms with van der Waals surface area (Å²) in [4.78, 5) is 28.5. The van der Waals surface area contributed by atoms with Crippen LogP contribution >= 0.6 is 23.2 Å². The lowest BCUT2D eigenvalue weighted by Crippen LogP contribution is -2.57. The molecule has 2 saturated heterocycles. The van der Waals surface area contributed by atoms with Gasteiger partial charge in [0.1, 0.15) is 0 Å². The number of carbonyl (C=O) groups is 2. The fourth-order valence-corrected chi connectivity index (χ4v) is 4.07. The van der Waals surface area contributed by atoms with Gasteiger partial charge in [-0.2, -0.15) is 0 Å². The van der Waals surface area contributed by atoms with Crippen LogP contribution in [0.4, 0.5) is 0 Å². The standard InChI is InChI=1S/C18H23Cl2N3O2/c19-14-5-3-13(16(20)10-14)4-6-17(24)22-8-1-2-15(12-22)23-9-7-21-11-18(23)25/h3,5,10,15,21H,1-2,4,6-9,11-12H2. The summed E-state index contributed by atoms with van der Waals surface area (Å²) in [6.45, 7) is 3.36. The SMILES string of the molecule is O=C(CCc1ccc(Cl)cc1Cl)N1CCCC(N2CCNCC2=O)C1. The Bertz CT molecular complexity index is 653. The molecule has 1 atom stereocenters. The Morgan fingerprint density at radius 2 is 2.12 bits per heavy atom. The summed E-state index contributed by atoms with van der Waals surface area (Å²) >= 11 is 12.1. The fraction of sp³-hybridized carbons (Fsp3) is 0.556. The Hall–Kier alpha value is -1.30. The van der Waals surface area contributed by atoms with E-state index in [1.807, 2.05) is 15.9 Å². The molecule has 0 aliphatic carbocycles. The van der Waals surface area contributed by atoms with Gasteiger partial charge in [0.2, 0.25) is 11.8 Å². The molecule has 1 unspecified atom stereocenters. The van der Waals surface area contributed by atoms with E-state index in [0.29, 0.717) is 36.0 Å². The molecule has 2 aliphatic heterocycles. The fourth-order valence-electron chi connectivity index (χ4n) is 3.57. The summed E-state index contributed by atoms with van der Waals surface area (Å²) in [6, 6.07) is 5.51. The number of piperidine rings is 1. The maximum absolute atomic E-state index is 12.6. The number of likely N-dealkylation sites (tertiary alicyclic amines) is 1. The van der Waals surface area contributed by atoms with Crippen LogP contribution in [0.2, 0.25) is 10.0 Å². The Morgan fingerprint density at radius 3 is 2.88 bits per heavy atom. The van der Waals surface area contributed by atoms with Crippen molar-refractivity contribution in [3.63, 3.8) is 0 Å². The van der Waals surface area contributed by atoms with Crippen molar-refractivity contribution < 1.29 is 9.59 Å². The van der Waals surface area contributed by atoms with Gasteiger partial charge in [0.05, 0.1) is 6.54 Å². The largest absolute Gasteiger partial charge is 0.341 e. The molecule has 2 heterocycles. The number of hydrogen-bond donors (Lipinski definition) is 1. The molecule has 2 aliphatic rings. The van der Waals surface area contributed by atoms with Crippen LogP contribution in [0.25, 0.3) is 0 Å². The molecule has 0 saturated carbocycles. The number of carbonyl (C=O) groups excluding carboxylic acids is 2. The number of aryl methyl sites for hydroxylation is 1. The van der Waals surface area contributed by atoms with E-state index >= 15 is 0 Å². The summed E-state index contributed by atoms with van der Waals surface area (Å²) < 4.78 is 0. The molecule has 0 spiro atoms. The number of rotatable bonds is 4. The quantitative estimate of drug-likeness (QED) is 0.867. The number of hydrogen-bond acceptors (Lipinski definition) is 3. The van der Waals surface area contributed by atoms with E-state index < -0.39 is 0 Å². The van der Waals surface area contributed by atoms with E-state index in [4.69, 9.17) is 23.2 Å². The Labute approximate surface area is 158 Å². The van der Waals surface area contributed by atoms with Crippen LogP contribution in [0.3, 0.4) is 0 Å². The van der Waals surface area contributed by atoms with Crippen molar-refractivity contribution in [3.8, 4) is 0 Å². The van der Waals surface area contributed by atoms with Gasteiger partial charge in [-0.05, 0) is 37.0 Å². The van der Waals surface area contributed by atoms with Crippen LogP contribution in [0.5, 0.6) is 0 Å². The van der Waals surface area contributed by atoms with Gasteiger partial charge in [0, 0.05) is 48.7 Å². The lowest BCUT2D eigenvalue weighted by Gasteiger charge is -2.41. The molecular formula is C18H23Cl2N3O2. The van der Waals surface area contributed by atoms with Crippen molar-refractivity contribution >= 4 is 35.0 Å². The molecule has 2 fully saturated rings. The van der Waals surface area contributed by atoms with Gasteiger partial charge in [-0.3, -0.25) is 9.59 Å². The molecule has 25 heavy (non-hydrogen) atoms. The summed E-state index contributed by atoms with van der Waals surface area (Å²) in [5.74, 6) is 0.261. The average Bonchev–Trinajstić information content (AvgIpc) is 2.61. The molecule has 136 valence electrons. The number of piperazine rings is 1. The molecule has 0 radical (unpaired) electrons. The Balaban J connectivity index is 1.55. The third-order valence-electron chi connectivity index (χ3n) is 4.94. The highest BCUT2D eigenvalue weighted by atomic mass is 35.5. The molecule has 7 heteroatoms. The van der Waals surface area contributed by atoms with Gasteiger partial charge in [0.15, 0.2) is 0 Å².